The molecule has 0 amide bonds. The first-order chi connectivity index (χ1) is 16.9. The molecule has 240 valence electrons. The number of allylic oxidation sites excluding steroid dienone is 2. The second-order valence-electron chi connectivity index (χ2n) is 7.08. The highest BCUT2D eigenvalue weighted by Gasteiger charge is 2.91. The summed E-state index contributed by atoms with van der Waals surface area (Å²) in [5, 5.41) is 0. The van der Waals surface area contributed by atoms with Crippen molar-refractivity contribution < 1.29 is 110 Å². The standard InChI is InChI=1S/C14H2F25I/c15-1(5(20,21)8(26,27)9(28,29)7(24,25)3(17)4(18)19)2(16)6(22,23)10(30,31)11(32,33)12(34,35)13(36,37)14(38,39)40/h3-4H. The van der Waals surface area contributed by atoms with Crippen molar-refractivity contribution in [2.24, 2.45) is 0 Å². The first kappa shape index (κ1) is 38.7. The maximum absolute atomic E-state index is 13.5. The van der Waals surface area contributed by atoms with Crippen molar-refractivity contribution in [3.05, 3.63) is 11.7 Å². The van der Waals surface area contributed by atoms with Gasteiger partial charge in [-0.2, -0.15) is 87.8 Å². The molecule has 0 heterocycles. The van der Waals surface area contributed by atoms with Gasteiger partial charge >= 0.3 is 57.2 Å². The van der Waals surface area contributed by atoms with E-state index in [4.69, 9.17) is 0 Å². The van der Waals surface area contributed by atoms with Crippen LogP contribution in [0, 0.1) is 0 Å². The third-order valence-corrected chi connectivity index (χ3v) is 5.13. The second-order valence-corrected chi connectivity index (χ2v) is 8.43. The van der Waals surface area contributed by atoms with Gasteiger partial charge in [-0.1, -0.05) is 0 Å². The minimum absolute atomic E-state index is 1.16. The summed E-state index contributed by atoms with van der Waals surface area (Å²) in [6.45, 7) is 0. The van der Waals surface area contributed by atoms with Crippen LogP contribution < -0.4 is 0 Å². The van der Waals surface area contributed by atoms with E-state index in [-0.39, 0.29) is 0 Å². The lowest BCUT2D eigenvalue weighted by Crippen LogP contribution is -2.70. The Bertz CT molecular complexity index is 953. The monoisotopic (exact) mass is 772 g/mol. The van der Waals surface area contributed by atoms with Gasteiger partial charge in [0.15, 0.2) is 0 Å². The minimum atomic E-state index is -8.88. The zero-order chi connectivity index (χ0) is 33.3. The molecule has 0 aromatic rings. The summed E-state index contributed by atoms with van der Waals surface area (Å²) >= 11 is -1.16. The highest BCUT2D eigenvalue weighted by Crippen LogP contribution is 2.63. The van der Waals surface area contributed by atoms with Crippen LogP contribution in [0.2, 0.25) is 0 Å². The number of halogens is 26. The van der Waals surface area contributed by atoms with Crippen molar-refractivity contribution in [1.29, 1.82) is 0 Å². The lowest BCUT2D eigenvalue weighted by atomic mass is 9.91. The number of alkyl halides is 24. The predicted molar refractivity (Wildman–Crippen MR) is 83.6 cm³/mol. The van der Waals surface area contributed by atoms with E-state index in [9.17, 15) is 110 Å². The highest BCUT2D eigenvalue weighted by molar-refractivity contribution is 14.1. The molecule has 0 fully saturated rings. The first-order valence-electron chi connectivity index (χ1n) is 8.37. The van der Waals surface area contributed by atoms with E-state index in [1.54, 1.807) is 0 Å². The molecule has 1 unspecified atom stereocenters. The second kappa shape index (κ2) is 10.2. The van der Waals surface area contributed by atoms with Crippen LogP contribution in [-0.2, 0) is 0 Å². The molecule has 0 aliphatic carbocycles. The van der Waals surface area contributed by atoms with E-state index >= 15 is 0 Å². The molecule has 0 aliphatic heterocycles. The smallest absolute Gasteiger partial charge is 0.234 e. The van der Waals surface area contributed by atoms with Gasteiger partial charge in [0.2, 0.25) is 17.8 Å². The SMILES string of the molecule is FC(=C(F)C(F)(F)C(F)(F)C(F)(F)C(F)(F)C(F)(F)C(F)(F)I)C(F)(F)C(F)(F)C(F)(F)C(F)(F)C(F)C(F)F. The maximum Gasteiger partial charge on any atom is 0.387 e. The van der Waals surface area contributed by atoms with Gasteiger partial charge < -0.3 is 0 Å². The zero-order valence-electron chi connectivity index (χ0n) is 17.0. The summed E-state index contributed by atoms with van der Waals surface area (Å²) in [7, 11) is 0. The molecule has 26 heteroatoms. The summed E-state index contributed by atoms with van der Waals surface area (Å²) in [6, 6.07) is 0. The molecule has 1 atom stereocenters. The van der Waals surface area contributed by atoms with Crippen LogP contribution in [-0.4, -0.2) is 69.8 Å². The Kier molecular flexibility index (Phi) is 9.84. The van der Waals surface area contributed by atoms with Crippen LogP contribution in [0.4, 0.5) is 110 Å². The predicted octanol–water partition coefficient (Wildman–Crippen LogP) is 9.49. The van der Waals surface area contributed by atoms with E-state index in [2.05, 4.69) is 0 Å². The topological polar surface area (TPSA) is 0 Å². The molecule has 0 radical (unpaired) electrons. The van der Waals surface area contributed by atoms with Gasteiger partial charge in [-0.15, -0.1) is 0 Å². The van der Waals surface area contributed by atoms with Gasteiger partial charge in [0.25, 0.3) is 6.43 Å². The van der Waals surface area contributed by atoms with Crippen molar-refractivity contribution in [1.82, 2.24) is 0 Å². The summed E-state index contributed by atoms with van der Waals surface area (Å²) in [4.78, 5) is 0. The van der Waals surface area contributed by atoms with Crippen molar-refractivity contribution >= 4 is 22.6 Å². The van der Waals surface area contributed by atoms with Gasteiger partial charge in [-0.3, -0.25) is 0 Å². The molecular weight excluding hydrogens is 770 g/mol. The molecule has 0 saturated heterocycles. The lowest BCUT2D eigenvalue weighted by molar-refractivity contribution is -0.411. The van der Waals surface area contributed by atoms with Crippen LogP contribution >= 0.6 is 22.6 Å². The maximum atomic E-state index is 13.5. The van der Waals surface area contributed by atoms with Crippen molar-refractivity contribution in [2.75, 3.05) is 0 Å². The molecule has 0 aliphatic rings. The Morgan fingerprint density at radius 1 is 0.400 bits per heavy atom. The van der Waals surface area contributed by atoms with Crippen molar-refractivity contribution in [3.63, 3.8) is 0 Å². The fourth-order valence-electron chi connectivity index (χ4n) is 2.06. The van der Waals surface area contributed by atoms with Gasteiger partial charge in [0.05, 0.1) is 0 Å². The molecule has 0 saturated carbocycles. The fourth-order valence-corrected chi connectivity index (χ4v) is 2.40. The molecule has 0 aromatic carbocycles. The van der Waals surface area contributed by atoms with Crippen LogP contribution in [0.5, 0.6) is 0 Å². The third kappa shape index (κ3) is 5.01. The lowest BCUT2D eigenvalue weighted by Gasteiger charge is -2.40. The summed E-state index contributed by atoms with van der Waals surface area (Å²) in [6.07, 6.45) is -11.4. The molecule has 40 heavy (non-hydrogen) atoms. The molecule has 0 nitrogen and oxygen atoms in total. The Hall–Kier alpha value is -1.28. The first-order valence-corrected chi connectivity index (χ1v) is 9.45. The van der Waals surface area contributed by atoms with Crippen molar-refractivity contribution in [3.8, 4) is 0 Å². The van der Waals surface area contributed by atoms with E-state index in [1.165, 1.54) is 0 Å². The van der Waals surface area contributed by atoms with E-state index < -0.39 is 104 Å². The Morgan fingerprint density at radius 3 is 0.900 bits per heavy atom. The molecule has 0 rings (SSSR count). The van der Waals surface area contributed by atoms with Gasteiger partial charge in [0, 0.05) is 22.6 Å². The molecule has 0 N–H and O–H groups in total. The number of hydrogen-bond acceptors (Lipinski definition) is 0. The van der Waals surface area contributed by atoms with Crippen LogP contribution in [0.1, 0.15) is 0 Å². The highest BCUT2D eigenvalue weighted by atomic mass is 127. The summed E-state index contributed by atoms with van der Waals surface area (Å²) in [5.74, 6) is -88.0. The third-order valence-electron chi connectivity index (χ3n) is 4.45. The average Bonchev–Trinajstić information content (AvgIpc) is 2.75. The summed E-state index contributed by atoms with van der Waals surface area (Å²) < 4.78 is 321. The average molecular weight is 772 g/mol. The van der Waals surface area contributed by atoms with Gasteiger partial charge in [-0.05, 0) is 0 Å². The largest absolute Gasteiger partial charge is 0.387 e. The van der Waals surface area contributed by atoms with E-state index in [0.29, 0.717) is 0 Å². The van der Waals surface area contributed by atoms with Crippen LogP contribution in [0.25, 0.3) is 0 Å². The Balaban J connectivity index is 7.22. The van der Waals surface area contributed by atoms with Crippen LogP contribution in [0.3, 0.4) is 0 Å². The Labute approximate surface area is 214 Å². The normalized spacial score (nSPS) is 17.8. The zero-order valence-corrected chi connectivity index (χ0v) is 19.1. The molecule has 0 aromatic heterocycles. The summed E-state index contributed by atoms with van der Waals surface area (Å²) in [5.41, 5.74) is 0. The quantitative estimate of drug-likeness (QED) is 0.105. The van der Waals surface area contributed by atoms with Gasteiger partial charge in [0.1, 0.15) is 0 Å². The number of hydrogen-bond donors (Lipinski definition) is 0. The number of rotatable bonds is 12. The van der Waals surface area contributed by atoms with Crippen molar-refractivity contribution in [2.45, 2.75) is 69.8 Å². The molecule has 0 spiro atoms. The Morgan fingerprint density at radius 2 is 0.650 bits per heavy atom. The molecule has 0 bridgehead atoms. The van der Waals surface area contributed by atoms with E-state index in [1.807, 2.05) is 0 Å². The van der Waals surface area contributed by atoms with Crippen LogP contribution in [0.15, 0.2) is 11.7 Å². The van der Waals surface area contributed by atoms with Gasteiger partial charge in [-0.25, -0.2) is 22.0 Å². The molecular formula is C14H2F25I. The minimum Gasteiger partial charge on any atom is -0.234 e. The van der Waals surface area contributed by atoms with E-state index in [0.717, 1.165) is 0 Å². The fraction of sp³-hybridized carbons (Fsp3) is 0.857.